The summed E-state index contributed by atoms with van der Waals surface area (Å²) in [6.45, 7) is 6.00. The van der Waals surface area contributed by atoms with Crippen molar-refractivity contribution in [2.75, 3.05) is 0 Å². The number of hydrogen-bond donors (Lipinski definition) is 1. The summed E-state index contributed by atoms with van der Waals surface area (Å²) in [4.78, 5) is 0. The molecule has 4 heteroatoms. The van der Waals surface area contributed by atoms with Gasteiger partial charge in [-0.1, -0.05) is 19.9 Å². The molecule has 0 spiro atoms. The molecule has 0 saturated heterocycles. The summed E-state index contributed by atoms with van der Waals surface area (Å²) in [6.07, 6.45) is 1.50. The van der Waals surface area contributed by atoms with E-state index in [1.807, 2.05) is 35.1 Å². The van der Waals surface area contributed by atoms with Gasteiger partial charge >= 0.3 is 0 Å². The smallest absolute Gasteiger partial charge is 0.0787 e. The van der Waals surface area contributed by atoms with Crippen molar-refractivity contribution in [2.24, 2.45) is 0 Å². The van der Waals surface area contributed by atoms with Crippen LogP contribution in [0, 0.1) is 0 Å². The van der Waals surface area contributed by atoms with Crippen molar-refractivity contribution in [1.29, 1.82) is 0 Å². The van der Waals surface area contributed by atoms with E-state index in [2.05, 4.69) is 34.9 Å². The third kappa shape index (κ3) is 2.65. The van der Waals surface area contributed by atoms with Crippen LogP contribution in [-0.4, -0.2) is 14.9 Å². The van der Waals surface area contributed by atoms with E-state index in [-0.39, 0.29) is 0 Å². The predicted octanol–water partition coefficient (Wildman–Crippen LogP) is 3.81. The maximum absolute atomic E-state index is 9.54. The van der Waals surface area contributed by atoms with Crippen molar-refractivity contribution >= 4 is 15.9 Å². The van der Waals surface area contributed by atoms with Crippen molar-refractivity contribution in [1.82, 2.24) is 9.78 Å². The SMILES string of the molecule is CC(C)c1ccn(-c2ccc([C@@H](C)O)cc2Br)n1. The molecular formula is C14H17BrN2O. The van der Waals surface area contributed by atoms with Crippen molar-refractivity contribution in [2.45, 2.75) is 32.8 Å². The summed E-state index contributed by atoms with van der Waals surface area (Å²) in [6, 6.07) is 7.83. The molecule has 2 aromatic rings. The fourth-order valence-corrected chi connectivity index (χ4v) is 2.33. The lowest BCUT2D eigenvalue weighted by atomic mass is 10.1. The van der Waals surface area contributed by atoms with Crippen molar-refractivity contribution in [3.63, 3.8) is 0 Å². The van der Waals surface area contributed by atoms with Gasteiger partial charge in [0.05, 0.1) is 17.5 Å². The fourth-order valence-electron chi connectivity index (χ4n) is 1.75. The molecule has 1 atom stereocenters. The Morgan fingerprint density at radius 1 is 1.22 bits per heavy atom. The highest BCUT2D eigenvalue weighted by atomic mass is 79.9. The highest BCUT2D eigenvalue weighted by Crippen LogP contribution is 2.25. The average Bonchev–Trinajstić information content (AvgIpc) is 2.78. The van der Waals surface area contributed by atoms with Crippen molar-refractivity contribution in [3.05, 3.63) is 46.2 Å². The largest absolute Gasteiger partial charge is 0.389 e. The highest BCUT2D eigenvalue weighted by molar-refractivity contribution is 9.10. The number of rotatable bonds is 3. The standard InChI is InChI=1S/C14H17BrN2O/c1-9(2)13-6-7-17(16-13)14-5-4-11(10(3)18)8-12(14)15/h4-10,18H,1-3H3/t10-/m1/s1. The lowest BCUT2D eigenvalue weighted by molar-refractivity contribution is 0.199. The van der Waals surface area contributed by atoms with E-state index in [1.54, 1.807) is 6.92 Å². The van der Waals surface area contributed by atoms with Gasteiger partial charge in [0.25, 0.3) is 0 Å². The topological polar surface area (TPSA) is 38.0 Å². The first-order valence-corrected chi connectivity index (χ1v) is 6.82. The first kappa shape index (κ1) is 13.3. The zero-order valence-corrected chi connectivity index (χ0v) is 12.3. The zero-order valence-electron chi connectivity index (χ0n) is 10.8. The lowest BCUT2D eigenvalue weighted by Crippen LogP contribution is -2.00. The van der Waals surface area contributed by atoms with Gasteiger partial charge in [0.1, 0.15) is 0 Å². The van der Waals surface area contributed by atoms with E-state index in [1.165, 1.54) is 0 Å². The number of halogens is 1. The van der Waals surface area contributed by atoms with E-state index < -0.39 is 6.10 Å². The fraction of sp³-hybridized carbons (Fsp3) is 0.357. The summed E-state index contributed by atoms with van der Waals surface area (Å²) in [5, 5.41) is 14.1. The monoisotopic (exact) mass is 308 g/mol. The zero-order chi connectivity index (χ0) is 13.3. The van der Waals surface area contributed by atoms with Crippen LogP contribution in [0.15, 0.2) is 34.9 Å². The first-order valence-electron chi connectivity index (χ1n) is 6.02. The summed E-state index contributed by atoms with van der Waals surface area (Å²) >= 11 is 3.53. The lowest BCUT2D eigenvalue weighted by Gasteiger charge is -2.09. The molecule has 1 N–H and O–H groups in total. The van der Waals surface area contributed by atoms with Gasteiger partial charge in [-0.05, 0) is 52.5 Å². The Morgan fingerprint density at radius 2 is 1.94 bits per heavy atom. The first-order chi connectivity index (χ1) is 8.49. The Labute approximate surface area is 116 Å². The van der Waals surface area contributed by atoms with Gasteiger partial charge in [0.15, 0.2) is 0 Å². The van der Waals surface area contributed by atoms with Crippen LogP contribution in [0.3, 0.4) is 0 Å². The Morgan fingerprint density at radius 3 is 2.44 bits per heavy atom. The van der Waals surface area contributed by atoms with Gasteiger partial charge in [-0.2, -0.15) is 5.10 Å². The minimum absolute atomic E-state index is 0.418. The third-order valence-electron chi connectivity index (χ3n) is 2.90. The highest BCUT2D eigenvalue weighted by Gasteiger charge is 2.09. The molecule has 2 rings (SSSR count). The molecule has 1 heterocycles. The number of benzene rings is 1. The summed E-state index contributed by atoms with van der Waals surface area (Å²) in [5.74, 6) is 0.418. The van der Waals surface area contributed by atoms with Gasteiger partial charge in [-0.15, -0.1) is 0 Å². The summed E-state index contributed by atoms with van der Waals surface area (Å²) in [5.41, 5.74) is 2.94. The number of hydrogen-bond acceptors (Lipinski definition) is 2. The molecule has 96 valence electrons. The number of aliphatic hydroxyl groups excluding tert-OH is 1. The molecule has 0 fully saturated rings. The molecule has 0 bridgehead atoms. The maximum atomic E-state index is 9.54. The Kier molecular flexibility index (Phi) is 3.88. The average molecular weight is 309 g/mol. The Hall–Kier alpha value is -1.13. The molecule has 1 aromatic carbocycles. The van der Waals surface area contributed by atoms with Crippen molar-refractivity contribution in [3.8, 4) is 5.69 Å². The number of aromatic nitrogens is 2. The molecule has 0 unspecified atom stereocenters. The molecule has 18 heavy (non-hydrogen) atoms. The van der Waals surface area contributed by atoms with E-state index in [9.17, 15) is 5.11 Å². The summed E-state index contributed by atoms with van der Waals surface area (Å²) in [7, 11) is 0. The predicted molar refractivity (Wildman–Crippen MR) is 76.0 cm³/mol. The van der Waals surface area contributed by atoms with Crippen LogP contribution in [0.4, 0.5) is 0 Å². The number of aliphatic hydroxyl groups is 1. The van der Waals surface area contributed by atoms with E-state index in [0.717, 1.165) is 21.4 Å². The number of nitrogens with zero attached hydrogens (tertiary/aromatic N) is 2. The second-order valence-corrected chi connectivity index (χ2v) is 5.58. The van der Waals surface area contributed by atoms with E-state index in [4.69, 9.17) is 0 Å². The van der Waals surface area contributed by atoms with Crippen LogP contribution < -0.4 is 0 Å². The second-order valence-electron chi connectivity index (χ2n) is 4.73. The van der Waals surface area contributed by atoms with Gasteiger partial charge < -0.3 is 5.11 Å². The maximum Gasteiger partial charge on any atom is 0.0787 e. The van der Waals surface area contributed by atoms with Gasteiger partial charge in [0.2, 0.25) is 0 Å². The molecule has 0 saturated carbocycles. The third-order valence-corrected chi connectivity index (χ3v) is 3.54. The molecule has 0 amide bonds. The second kappa shape index (κ2) is 5.24. The van der Waals surface area contributed by atoms with Crippen LogP contribution in [0.2, 0.25) is 0 Å². The van der Waals surface area contributed by atoms with Crippen LogP contribution in [-0.2, 0) is 0 Å². The quantitative estimate of drug-likeness (QED) is 0.936. The molecule has 1 aromatic heterocycles. The van der Waals surface area contributed by atoms with Crippen LogP contribution in [0.5, 0.6) is 0 Å². The van der Waals surface area contributed by atoms with Gasteiger partial charge in [-0.25, -0.2) is 4.68 Å². The molecule has 0 aliphatic rings. The molecular weight excluding hydrogens is 292 g/mol. The minimum Gasteiger partial charge on any atom is -0.389 e. The van der Waals surface area contributed by atoms with Gasteiger partial charge in [0, 0.05) is 10.7 Å². The van der Waals surface area contributed by atoms with Crippen LogP contribution in [0.1, 0.15) is 44.1 Å². The Bertz CT molecular complexity index is 546. The molecule has 0 radical (unpaired) electrons. The van der Waals surface area contributed by atoms with Crippen LogP contribution in [0.25, 0.3) is 5.69 Å². The van der Waals surface area contributed by atoms with Crippen LogP contribution >= 0.6 is 15.9 Å². The van der Waals surface area contributed by atoms with E-state index >= 15 is 0 Å². The Balaban J connectivity index is 2.38. The molecule has 0 aliphatic heterocycles. The van der Waals surface area contributed by atoms with Gasteiger partial charge in [-0.3, -0.25) is 0 Å². The van der Waals surface area contributed by atoms with Crippen molar-refractivity contribution < 1.29 is 5.11 Å². The minimum atomic E-state index is -0.459. The molecule has 0 aliphatic carbocycles. The normalized spacial score (nSPS) is 13.0. The van der Waals surface area contributed by atoms with E-state index in [0.29, 0.717) is 5.92 Å². The summed E-state index contributed by atoms with van der Waals surface area (Å²) < 4.78 is 2.78. The molecule has 3 nitrogen and oxygen atoms in total.